The van der Waals surface area contributed by atoms with Crippen molar-refractivity contribution in [3.63, 3.8) is 0 Å². The molecule has 0 spiro atoms. The second-order valence-electron chi connectivity index (χ2n) is 5.09. The first-order valence-corrected chi connectivity index (χ1v) is 8.71. The van der Waals surface area contributed by atoms with Crippen LogP contribution >= 0.6 is 0 Å². The molecule has 0 amide bonds. The lowest BCUT2D eigenvalue weighted by Gasteiger charge is -1.99. The van der Waals surface area contributed by atoms with Crippen LogP contribution in [0.4, 0.5) is 0 Å². The molecule has 0 fully saturated rings. The average molecular weight is 344 g/mol. The average Bonchev–Trinajstić information content (AvgIpc) is 3.04. The number of hydrogen-bond acceptors (Lipinski definition) is 6. The summed E-state index contributed by atoms with van der Waals surface area (Å²) in [4.78, 5) is 11.2. The van der Waals surface area contributed by atoms with Crippen LogP contribution in [0.15, 0.2) is 57.8 Å². The highest BCUT2D eigenvalue weighted by Gasteiger charge is 2.13. The Morgan fingerprint density at radius 2 is 1.62 bits per heavy atom. The molecule has 0 saturated heterocycles. The van der Waals surface area contributed by atoms with Crippen LogP contribution in [0.5, 0.6) is 0 Å². The van der Waals surface area contributed by atoms with Crippen LogP contribution in [0.1, 0.15) is 10.4 Å². The highest BCUT2D eigenvalue weighted by molar-refractivity contribution is 7.90. The number of sulfone groups is 1. The van der Waals surface area contributed by atoms with E-state index < -0.39 is 15.8 Å². The molecule has 0 unspecified atom stereocenters. The summed E-state index contributed by atoms with van der Waals surface area (Å²) in [6.45, 7) is 0. The summed E-state index contributed by atoms with van der Waals surface area (Å²) in [5, 5.41) is 16.8. The topological polar surface area (TPSA) is 110 Å². The summed E-state index contributed by atoms with van der Waals surface area (Å²) in [5.41, 5.74) is 1.17. The summed E-state index contributed by atoms with van der Waals surface area (Å²) in [5.74, 6) is -0.654. The maximum Gasteiger partial charge on any atom is 0.335 e. The third kappa shape index (κ3) is 3.18. The summed E-state index contributed by atoms with van der Waals surface area (Å²) < 4.78 is 28.5. The fourth-order valence-corrected chi connectivity index (χ4v) is 2.72. The minimum absolute atomic E-state index is 0.116. The van der Waals surface area contributed by atoms with Gasteiger partial charge in [-0.25, -0.2) is 13.2 Å². The summed E-state index contributed by atoms with van der Waals surface area (Å²) in [6, 6.07) is 12.2. The third-order valence-electron chi connectivity index (χ3n) is 3.31. The van der Waals surface area contributed by atoms with Crippen molar-refractivity contribution in [1.82, 2.24) is 10.2 Å². The van der Waals surface area contributed by atoms with Gasteiger partial charge < -0.3 is 9.52 Å². The Balaban J connectivity index is 1.93. The molecule has 3 aromatic rings. The lowest BCUT2D eigenvalue weighted by atomic mass is 10.1. The van der Waals surface area contributed by atoms with Crippen LogP contribution in [-0.2, 0) is 9.84 Å². The first-order valence-electron chi connectivity index (χ1n) is 6.82. The molecule has 0 atom stereocenters. The van der Waals surface area contributed by atoms with Crippen LogP contribution in [-0.4, -0.2) is 35.9 Å². The van der Waals surface area contributed by atoms with Crippen LogP contribution < -0.4 is 0 Å². The van der Waals surface area contributed by atoms with Crippen LogP contribution in [0.25, 0.3) is 22.9 Å². The van der Waals surface area contributed by atoms with E-state index in [0.29, 0.717) is 11.1 Å². The van der Waals surface area contributed by atoms with E-state index in [1.807, 2.05) is 0 Å². The Bertz CT molecular complexity index is 1010. The molecule has 1 aromatic heterocycles. The monoisotopic (exact) mass is 344 g/mol. The van der Waals surface area contributed by atoms with Crippen molar-refractivity contribution in [2.45, 2.75) is 4.90 Å². The molecule has 0 aliphatic rings. The zero-order valence-electron chi connectivity index (χ0n) is 12.5. The molecule has 3 rings (SSSR count). The summed E-state index contributed by atoms with van der Waals surface area (Å²) >= 11 is 0. The van der Waals surface area contributed by atoms with Gasteiger partial charge in [-0.3, -0.25) is 0 Å². The van der Waals surface area contributed by atoms with Crippen molar-refractivity contribution in [3.05, 3.63) is 54.1 Å². The van der Waals surface area contributed by atoms with Crippen LogP contribution in [0.2, 0.25) is 0 Å². The number of carboxylic acids is 1. The molecule has 0 aliphatic heterocycles. The number of carboxylic acid groups (broad SMARTS) is 1. The smallest absolute Gasteiger partial charge is 0.335 e. The van der Waals surface area contributed by atoms with Gasteiger partial charge >= 0.3 is 5.97 Å². The number of nitrogens with zero attached hydrogens (tertiary/aromatic N) is 2. The van der Waals surface area contributed by atoms with E-state index in [0.717, 1.165) is 6.26 Å². The van der Waals surface area contributed by atoms with Crippen LogP contribution in [0, 0.1) is 0 Å². The van der Waals surface area contributed by atoms with Gasteiger partial charge in [0.15, 0.2) is 9.84 Å². The standard InChI is InChI=1S/C16H12N2O5S/c1-24(21,22)13-7-5-10(6-8-13)14-17-18-15(23-14)11-3-2-4-12(9-11)16(19)20/h2-9H,1H3,(H,19,20). The van der Waals surface area contributed by atoms with Gasteiger partial charge in [-0.15, -0.1) is 10.2 Å². The first kappa shape index (κ1) is 15.9. The van der Waals surface area contributed by atoms with Gasteiger partial charge in [-0.05, 0) is 42.5 Å². The largest absolute Gasteiger partial charge is 0.478 e. The van der Waals surface area contributed by atoms with Gasteiger partial charge in [0.05, 0.1) is 10.5 Å². The number of rotatable bonds is 4. The lowest BCUT2D eigenvalue weighted by molar-refractivity contribution is 0.0697. The Hall–Kier alpha value is -3.00. The highest BCUT2D eigenvalue weighted by Crippen LogP contribution is 2.25. The quantitative estimate of drug-likeness (QED) is 0.774. The number of hydrogen-bond donors (Lipinski definition) is 1. The molecule has 1 N–H and O–H groups in total. The molecular weight excluding hydrogens is 332 g/mol. The highest BCUT2D eigenvalue weighted by atomic mass is 32.2. The van der Waals surface area contributed by atoms with Crippen molar-refractivity contribution in [2.75, 3.05) is 6.26 Å². The van der Waals surface area contributed by atoms with E-state index in [9.17, 15) is 13.2 Å². The van der Waals surface area contributed by atoms with E-state index >= 15 is 0 Å². The van der Waals surface area contributed by atoms with Crippen molar-refractivity contribution >= 4 is 15.8 Å². The van der Waals surface area contributed by atoms with E-state index in [1.165, 1.54) is 24.3 Å². The number of aromatic carboxylic acids is 1. The molecule has 0 radical (unpaired) electrons. The summed E-state index contributed by atoms with van der Waals surface area (Å²) in [6.07, 6.45) is 1.13. The minimum atomic E-state index is -3.27. The molecule has 1 heterocycles. The number of aromatic nitrogens is 2. The zero-order chi connectivity index (χ0) is 17.3. The van der Waals surface area contributed by atoms with Gasteiger partial charge in [0.1, 0.15) is 0 Å². The normalized spacial score (nSPS) is 11.4. The van der Waals surface area contributed by atoms with E-state index in [2.05, 4.69) is 10.2 Å². The molecule has 0 saturated carbocycles. The minimum Gasteiger partial charge on any atom is -0.478 e. The Kier molecular flexibility index (Phi) is 3.90. The van der Waals surface area contributed by atoms with Crippen LogP contribution in [0.3, 0.4) is 0 Å². The SMILES string of the molecule is CS(=O)(=O)c1ccc(-c2nnc(-c3cccc(C(=O)O)c3)o2)cc1. The zero-order valence-corrected chi connectivity index (χ0v) is 13.3. The molecule has 122 valence electrons. The fourth-order valence-electron chi connectivity index (χ4n) is 2.09. The number of benzene rings is 2. The Morgan fingerprint density at radius 3 is 2.21 bits per heavy atom. The van der Waals surface area contributed by atoms with E-state index in [-0.39, 0.29) is 22.2 Å². The van der Waals surface area contributed by atoms with Gasteiger partial charge in [-0.2, -0.15) is 0 Å². The van der Waals surface area contributed by atoms with Crippen molar-refractivity contribution in [2.24, 2.45) is 0 Å². The van der Waals surface area contributed by atoms with Gasteiger partial charge in [0.2, 0.25) is 11.8 Å². The Morgan fingerprint density at radius 1 is 1.00 bits per heavy atom. The molecule has 0 bridgehead atoms. The summed E-state index contributed by atoms with van der Waals surface area (Å²) in [7, 11) is -3.27. The van der Waals surface area contributed by atoms with E-state index in [4.69, 9.17) is 9.52 Å². The fraction of sp³-hybridized carbons (Fsp3) is 0.0625. The first-order chi connectivity index (χ1) is 11.3. The predicted molar refractivity (Wildman–Crippen MR) is 85.2 cm³/mol. The van der Waals surface area contributed by atoms with E-state index in [1.54, 1.807) is 24.3 Å². The second-order valence-corrected chi connectivity index (χ2v) is 7.11. The molecular formula is C16H12N2O5S. The number of carbonyl (C=O) groups is 1. The van der Waals surface area contributed by atoms with Crippen molar-refractivity contribution in [3.8, 4) is 22.9 Å². The molecule has 24 heavy (non-hydrogen) atoms. The maximum absolute atomic E-state index is 11.5. The van der Waals surface area contributed by atoms with Crippen molar-refractivity contribution in [1.29, 1.82) is 0 Å². The maximum atomic E-state index is 11.5. The lowest BCUT2D eigenvalue weighted by Crippen LogP contribution is -1.96. The van der Waals surface area contributed by atoms with Crippen molar-refractivity contribution < 1.29 is 22.7 Å². The van der Waals surface area contributed by atoms with Gasteiger partial charge in [0.25, 0.3) is 0 Å². The van der Waals surface area contributed by atoms with Gasteiger partial charge in [0, 0.05) is 17.4 Å². The second kappa shape index (κ2) is 5.89. The predicted octanol–water partition coefficient (Wildman–Crippen LogP) is 2.51. The van der Waals surface area contributed by atoms with Gasteiger partial charge in [-0.1, -0.05) is 6.07 Å². The Labute approximate surface area is 137 Å². The molecule has 2 aromatic carbocycles. The molecule has 8 heteroatoms. The third-order valence-corrected chi connectivity index (χ3v) is 4.44. The molecule has 7 nitrogen and oxygen atoms in total. The molecule has 0 aliphatic carbocycles.